The minimum atomic E-state index is 0.119. The van der Waals surface area contributed by atoms with Crippen LogP contribution < -0.4 is 9.64 Å². The van der Waals surface area contributed by atoms with Gasteiger partial charge in [-0.15, -0.1) is 0 Å². The number of hydrogen-bond acceptors (Lipinski definition) is 6. The number of thioether (sulfide) groups is 1. The van der Waals surface area contributed by atoms with Crippen LogP contribution in [0.5, 0.6) is 5.75 Å². The molecule has 1 aliphatic rings. The Morgan fingerprint density at radius 1 is 1.22 bits per heavy atom. The Kier molecular flexibility index (Phi) is 5.40. The number of nitrogens with zero attached hydrogens (tertiary/aromatic N) is 3. The highest BCUT2D eigenvalue weighted by Gasteiger charge is 2.22. The molecule has 2 aromatic carbocycles. The molecular formula is C20H19N3O2S2. The second-order valence-corrected chi connectivity index (χ2v) is 8.15. The monoisotopic (exact) mass is 397 g/mol. The zero-order valence-electron chi connectivity index (χ0n) is 14.9. The third-order valence-electron chi connectivity index (χ3n) is 4.49. The first-order valence-electron chi connectivity index (χ1n) is 8.74. The average Bonchev–Trinajstić information content (AvgIpc) is 3.20. The molecule has 27 heavy (non-hydrogen) atoms. The molecule has 0 fully saturated rings. The van der Waals surface area contributed by atoms with Crippen LogP contribution in [-0.4, -0.2) is 34.7 Å². The summed E-state index contributed by atoms with van der Waals surface area (Å²) in [6.07, 6.45) is 2.04. The lowest BCUT2D eigenvalue weighted by molar-refractivity contribution is -0.116. The number of fused-ring (bicyclic) bond motifs is 1. The van der Waals surface area contributed by atoms with E-state index >= 15 is 0 Å². The van der Waals surface area contributed by atoms with Crippen molar-refractivity contribution >= 4 is 34.9 Å². The van der Waals surface area contributed by atoms with E-state index in [1.807, 2.05) is 47.4 Å². The van der Waals surface area contributed by atoms with Gasteiger partial charge >= 0.3 is 0 Å². The Morgan fingerprint density at radius 2 is 2.04 bits per heavy atom. The summed E-state index contributed by atoms with van der Waals surface area (Å²) < 4.78 is 10.4. The minimum Gasteiger partial charge on any atom is -0.497 e. The molecule has 7 heteroatoms. The third-order valence-corrected chi connectivity index (χ3v) is 6.30. The van der Waals surface area contributed by atoms with Gasteiger partial charge in [-0.1, -0.05) is 30.0 Å². The Balaban J connectivity index is 1.41. The molecule has 0 saturated carbocycles. The maximum Gasteiger partial charge on any atom is 0.237 e. The summed E-state index contributed by atoms with van der Waals surface area (Å²) in [6, 6.07) is 15.8. The van der Waals surface area contributed by atoms with E-state index in [0.717, 1.165) is 40.7 Å². The number of aromatic nitrogens is 2. The number of anilines is 1. The van der Waals surface area contributed by atoms with Crippen molar-refractivity contribution in [2.75, 3.05) is 24.3 Å². The number of aryl methyl sites for hydroxylation is 1. The first-order valence-corrected chi connectivity index (χ1v) is 10.5. The van der Waals surface area contributed by atoms with Gasteiger partial charge < -0.3 is 9.64 Å². The van der Waals surface area contributed by atoms with E-state index in [1.54, 1.807) is 7.11 Å². The molecule has 3 aromatic rings. The summed E-state index contributed by atoms with van der Waals surface area (Å²) in [5, 5.41) is 0. The van der Waals surface area contributed by atoms with Gasteiger partial charge in [0.2, 0.25) is 5.91 Å². The summed E-state index contributed by atoms with van der Waals surface area (Å²) in [6.45, 7) is 0.781. The van der Waals surface area contributed by atoms with Crippen LogP contribution in [0, 0.1) is 0 Å². The van der Waals surface area contributed by atoms with E-state index in [4.69, 9.17) is 4.74 Å². The van der Waals surface area contributed by atoms with E-state index in [1.165, 1.54) is 28.9 Å². The van der Waals surface area contributed by atoms with E-state index in [9.17, 15) is 4.79 Å². The second kappa shape index (κ2) is 8.10. The molecule has 0 bridgehead atoms. The van der Waals surface area contributed by atoms with Gasteiger partial charge in [-0.2, -0.15) is 4.37 Å². The van der Waals surface area contributed by atoms with Crippen molar-refractivity contribution in [3.05, 3.63) is 54.1 Å². The normalized spacial score (nSPS) is 13.3. The zero-order chi connectivity index (χ0) is 18.6. The van der Waals surface area contributed by atoms with Crippen molar-refractivity contribution in [1.29, 1.82) is 0 Å². The van der Waals surface area contributed by atoms with Crippen LogP contribution in [0.1, 0.15) is 12.0 Å². The topological polar surface area (TPSA) is 55.3 Å². The Hall–Kier alpha value is -2.38. The number of carbonyl (C=O) groups is 1. The maximum atomic E-state index is 12.7. The quantitative estimate of drug-likeness (QED) is 0.601. The minimum absolute atomic E-state index is 0.119. The predicted octanol–water partition coefficient (Wildman–Crippen LogP) is 4.29. The molecule has 0 atom stereocenters. The SMILES string of the molecule is COc1ccc(-c2nsc(SCC(=O)N3CCCc4ccccc43)n2)cc1. The van der Waals surface area contributed by atoms with E-state index < -0.39 is 0 Å². The molecule has 0 spiro atoms. The van der Waals surface area contributed by atoms with Crippen LogP contribution in [-0.2, 0) is 11.2 Å². The fraction of sp³-hybridized carbons (Fsp3) is 0.250. The van der Waals surface area contributed by atoms with Crippen molar-refractivity contribution < 1.29 is 9.53 Å². The summed E-state index contributed by atoms with van der Waals surface area (Å²) in [5.74, 6) is 1.97. The molecular weight excluding hydrogens is 378 g/mol. The van der Waals surface area contributed by atoms with Crippen molar-refractivity contribution in [3.8, 4) is 17.1 Å². The molecule has 1 aliphatic heterocycles. The van der Waals surface area contributed by atoms with Crippen LogP contribution in [0.2, 0.25) is 0 Å². The fourth-order valence-corrected chi connectivity index (χ4v) is 4.61. The highest BCUT2D eigenvalue weighted by molar-refractivity contribution is 8.01. The molecule has 5 nitrogen and oxygen atoms in total. The molecule has 138 valence electrons. The molecule has 2 heterocycles. The highest BCUT2D eigenvalue weighted by Crippen LogP contribution is 2.30. The van der Waals surface area contributed by atoms with Crippen LogP contribution in [0.25, 0.3) is 11.4 Å². The summed E-state index contributed by atoms with van der Waals surface area (Å²) in [4.78, 5) is 19.2. The molecule has 0 aliphatic carbocycles. The lowest BCUT2D eigenvalue weighted by Gasteiger charge is -2.29. The Morgan fingerprint density at radius 3 is 2.85 bits per heavy atom. The van der Waals surface area contributed by atoms with E-state index in [2.05, 4.69) is 15.4 Å². The Labute approximate surface area is 166 Å². The molecule has 0 N–H and O–H groups in total. The summed E-state index contributed by atoms with van der Waals surface area (Å²) in [7, 11) is 1.64. The van der Waals surface area contributed by atoms with Gasteiger partial charge in [-0.3, -0.25) is 4.79 Å². The number of hydrogen-bond donors (Lipinski definition) is 0. The van der Waals surface area contributed by atoms with E-state index in [0.29, 0.717) is 11.6 Å². The number of amides is 1. The van der Waals surface area contributed by atoms with Gasteiger partial charge in [0.25, 0.3) is 0 Å². The fourth-order valence-electron chi connectivity index (χ4n) is 3.12. The lowest BCUT2D eigenvalue weighted by Crippen LogP contribution is -2.36. The first-order chi connectivity index (χ1) is 13.2. The molecule has 0 unspecified atom stereocenters. The lowest BCUT2D eigenvalue weighted by atomic mass is 10.0. The molecule has 0 radical (unpaired) electrons. The van der Waals surface area contributed by atoms with Gasteiger partial charge in [0.1, 0.15) is 5.75 Å². The number of rotatable bonds is 5. The zero-order valence-corrected chi connectivity index (χ0v) is 16.6. The van der Waals surface area contributed by atoms with Crippen LogP contribution >= 0.6 is 23.3 Å². The molecule has 0 saturated heterocycles. The van der Waals surface area contributed by atoms with E-state index in [-0.39, 0.29) is 5.91 Å². The number of methoxy groups -OCH3 is 1. The largest absolute Gasteiger partial charge is 0.497 e. The van der Waals surface area contributed by atoms with Crippen molar-refractivity contribution in [2.24, 2.45) is 0 Å². The molecule has 1 amide bonds. The van der Waals surface area contributed by atoms with Gasteiger partial charge in [0, 0.05) is 17.8 Å². The number of carbonyl (C=O) groups excluding carboxylic acids is 1. The number of ether oxygens (including phenoxy) is 1. The van der Waals surface area contributed by atoms with Gasteiger partial charge in [-0.25, -0.2) is 4.98 Å². The van der Waals surface area contributed by atoms with Crippen molar-refractivity contribution in [1.82, 2.24) is 9.36 Å². The number of para-hydroxylation sites is 1. The standard InChI is InChI=1S/C20H19N3O2S2/c1-25-16-10-8-15(9-11-16)19-21-20(27-22-19)26-13-18(24)23-12-4-6-14-5-2-3-7-17(14)23/h2-3,5,7-11H,4,6,12-13H2,1H3. The summed E-state index contributed by atoms with van der Waals surface area (Å²) >= 11 is 2.78. The first kappa shape index (κ1) is 18.0. The van der Waals surface area contributed by atoms with Gasteiger partial charge in [0.15, 0.2) is 10.2 Å². The van der Waals surface area contributed by atoms with Gasteiger partial charge in [0.05, 0.1) is 12.9 Å². The summed E-state index contributed by atoms with van der Waals surface area (Å²) in [5.41, 5.74) is 3.24. The molecule has 4 rings (SSSR count). The van der Waals surface area contributed by atoms with Crippen molar-refractivity contribution in [2.45, 2.75) is 17.2 Å². The number of benzene rings is 2. The maximum absolute atomic E-state index is 12.7. The molecule has 1 aromatic heterocycles. The predicted molar refractivity (Wildman–Crippen MR) is 110 cm³/mol. The smallest absolute Gasteiger partial charge is 0.237 e. The highest BCUT2D eigenvalue weighted by atomic mass is 32.2. The van der Waals surface area contributed by atoms with Crippen molar-refractivity contribution in [3.63, 3.8) is 0 Å². The van der Waals surface area contributed by atoms with Gasteiger partial charge in [-0.05, 0) is 60.3 Å². The second-order valence-electron chi connectivity index (χ2n) is 6.18. The third kappa shape index (κ3) is 3.99. The Bertz CT molecular complexity index is 940. The van der Waals surface area contributed by atoms with Crippen LogP contribution in [0.3, 0.4) is 0 Å². The average molecular weight is 398 g/mol. The van der Waals surface area contributed by atoms with Crippen LogP contribution in [0.4, 0.5) is 5.69 Å². The van der Waals surface area contributed by atoms with Crippen LogP contribution in [0.15, 0.2) is 52.9 Å².